The number of hydrogen-bond donors (Lipinski definition) is 2. The molecule has 2 amide bonds. The van der Waals surface area contributed by atoms with Crippen molar-refractivity contribution in [3.05, 3.63) is 35.9 Å². The van der Waals surface area contributed by atoms with E-state index >= 15 is 0 Å². The van der Waals surface area contributed by atoms with Crippen molar-refractivity contribution >= 4 is 6.03 Å². The Morgan fingerprint density at radius 1 is 1.56 bits per heavy atom. The Balaban J connectivity index is 2.29. The van der Waals surface area contributed by atoms with Gasteiger partial charge in [-0.05, 0) is 25.0 Å². The molecule has 1 heterocycles. The van der Waals surface area contributed by atoms with Crippen molar-refractivity contribution in [2.45, 2.75) is 27.3 Å². The normalized spacial score (nSPS) is 11.6. The van der Waals surface area contributed by atoms with Crippen LogP contribution in [0.15, 0.2) is 34.6 Å². The van der Waals surface area contributed by atoms with Crippen LogP contribution in [0.2, 0.25) is 0 Å². The molecular formula is C12H18N2O2. The summed E-state index contributed by atoms with van der Waals surface area (Å²) < 4.78 is 5.09. The Hall–Kier alpha value is -1.71. The average Bonchev–Trinajstić information content (AvgIpc) is 2.75. The molecule has 0 aliphatic heterocycles. The van der Waals surface area contributed by atoms with Gasteiger partial charge in [0.1, 0.15) is 5.76 Å². The summed E-state index contributed by atoms with van der Waals surface area (Å²) in [6, 6.07) is 3.38. The average molecular weight is 222 g/mol. The minimum absolute atomic E-state index is 0.226. The largest absolute Gasteiger partial charge is 0.467 e. The fourth-order valence-electron chi connectivity index (χ4n) is 0.978. The first-order valence-electron chi connectivity index (χ1n) is 5.33. The molecule has 0 spiro atoms. The monoisotopic (exact) mass is 222 g/mol. The Bertz CT molecular complexity index is 353. The first-order chi connectivity index (χ1) is 7.59. The van der Waals surface area contributed by atoms with Crippen molar-refractivity contribution in [3.63, 3.8) is 0 Å². The Kier molecular flexibility index (Phi) is 4.64. The van der Waals surface area contributed by atoms with Gasteiger partial charge in [0.25, 0.3) is 0 Å². The second-order valence-corrected chi connectivity index (χ2v) is 3.95. The number of carbonyl (C=O) groups excluding carboxylic acids is 1. The summed E-state index contributed by atoms with van der Waals surface area (Å²) in [6.45, 7) is 6.54. The van der Waals surface area contributed by atoms with Crippen LogP contribution in [0, 0.1) is 5.92 Å². The van der Waals surface area contributed by atoms with Gasteiger partial charge in [-0.2, -0.15) is 0 Å². The van der Waals surface area contributed by atoms with Crippen molar-refractivity contribution in [1.82, 2.24) is 10.6 Å². The van der Waals surface area contributed by atoms with Gasteiger partial charge < -0.3 is 15.1 Å². The van der Waals surface area contributed by atoms with Crippen LogP contribution in [0.3, 0.4) is 0 Å². The van der Waals surface area contributed by atoms with Gasteiger partial charge in [0.2, 0.25) is 0 Å². The second-order valence-electron chi connectivity index (χ2n) is 3.95. The van der Waals surface area contributed by atoms with Crippen LogP contribution < -0.4 is 10.6 Å². The topological polar surface area (TPSA) is 54.3 Å². The third-order valence-electron chi connectivity index (χ3n) is 2.34. The van der Waals surface area contributed by atoms with Crippen molar-refractivity contribution in [2.24, 2.45) is 5.92 Å². The van der Waals surface area contributed by atoms with Gasteiger partial charge in [-0.25, -0.2) is 4.79 Å². The lowest BCUT2D eigenvalue weighted by atomic mass is 10.1. The number of urea groups is 1. The van der Waals surface area contributed by atoms with Gasteiger partial charge >= 0.3 is 6.03 Å². The quantitative estimate of drug-likeness (QED) is 0.822. The van der Waals surface area contributed by atoms with Gasteiger partial charge in [0.15, 0.2) is 0 Å². The fraction of sp³-hybridized carbons (Fsp3) is 0.417. The van der Waals surface area contributed by atoms with Crippen LogP contribution in [0.1, 0.15) is 26.5 Å². The van der Waals surface area contributed by atoms with Gasteiger partial charge in [0, 0.05) is 6.20 Å². The lowest BCUT2D eigenvalue weighted by molar-refractivity contribution is 0.242. The van der Waals surface area contributed by atoms with Crippen molar-refractivity contribution in [3.8, 4) is 0 Å². The van der Waals surface area contributed by atoms with Gasteiger partial charge in [-0.1, -0.05) is 19.4 Å². The summed E-state index contributed by atoms with van der Waals surface area (Å²) in [5.74, 6) is 1.17. The van der Waals surface area contributed by atoms with Gasteiger partial charge in [-0.3, -0.25) is 0 Å². The van der Waals surface area contributed by atoms with Crippen LogP contribution in [0.4, 0.5) is 4.79 Å². The standard InChI is InChI=1S/C12H18N2O2/c1-9(2)10(3)7-13-12(15)14-8-11-5-4-6-16-11/h4-7,9H,8H2,1-3H3,(H2,13,14,15)/b10-7+. The fourth-order valence-corrected chi connectivity index (χ4v) is 0.978. The molecule has 1 aromatic heterocycles. The highest BCUT2D eigenvalue weighted by molar-refractivity contribution is 5.74. The number of amides is 2. The molecule has 4 heteroatoms. The maximum atomic E-state index is 11.4. The number of hydrogen-bond acceptors (Lipinski definition) is 2. The molecule has 1 rings (SSSR count). The molecule has 0 aliphatic rings. The number of rotatable bonds is 4. The van der Waals surface area contributed by atoms with Crippen LogP contribution in [0.5, 0.6) is 0 Å². The third kappa shape index (κ3) is 4.21. The Morgan fingerprint density at radius 2 is 2.31 bits per heavy atom. The molecule has 0 atom stereocenters. The van der Waals surface area contributed by atoms with E-state index in [1.807, 2.05) is 13.0 Å². The molecule has 1 aromatic rings. The predicted octanol–water partition coefficient (Wildman–Crippen LogP) is 2.64. The first-order valence-corrected chi connectivity index (χ1v) is 5.33. The molecule has 0 aromatic carbocycles. The van der Waals surface area contributed by atoms with Crippen molar-refractivity contribution in [2.75, 3.05) is 0 Å². The summed E-state index contributed by atoms with van der Waals surface area (Å²) >= 11 is 0. The third-order valence-corrected chi connectivity index (χ3v) is 2.34. The molecule has 0 saturated heterocycles. The molecule has 0 radical (unpaired) electrons. The zero-order valence-corrected chi connectivity index (χ0v) is 9.91. The van der Waals surface area contributed by atoms with Crippen molar-refractivity contribution < 1.29 is 9.21 Å². The summed E-state index contributed by atoms with van der Waals surface area (Å²) in [5.41, 5.74) is 1.13. The van der Waals surface area contributed by atoms with E-state index in [-0.39, 0.29) is 6.03 Å². The molecule has 0 fully saturated rings. The number of nitrogens with one attached hydrogen (secondary N) is 2. The molecule has 88 valence electrons. The van der Waals surface area contributed by atoms with Crippen LogP contribution in [-0.2, 0) is 6.54 Å². The lowest BCUT2D eigenvalue weighted by Gasteiger charge is -2.06. The van der Waals surface area contributed by atoms with E-state index in [9.17, 15) is 4.79 Å². The summed E-state index contributed by atoms with van der Waals surface area (Å²) in [7, 11) is 0. The Morgan fingerprint density at radius 3 is 2.88 bits per heavy atom. The maximum absolute atomic E-state index is 11.4. The van der Waals surface area contributed by atoms with Gasteiger partial charge in [0.05, 0.1) is 12.8 Å². The molecule has 4 nitrogen and oxygen atoms in total. The van der Waals surface area contributed by atoms with Crippen LogP contribution in [0.25, 0.3) is 0 Å². The molecule has 0 aliphatic carbocycles. The van der Waals surface area contributed by atoms with Crippen LogP contribution in [-0.4, -0.2) is 6.03 Å². The highest BCUT2D eigenvalue weighted by atomic mass is 16.3. The van der Waals surface area contributed by atoms with Crippen LogP contribution >= 0.6 is 0 Å². The molecule has 0 bridgehead atoms. The second kappa shape index (κ2) is 6.00. The minimum atomic E-state index is -0.226. The zero-order chi connectivity index (χ0) is 12.0. The van der Waals surface area contributed by atoms with E-state index in [0.29, 0.717) is 12.5 Å². The minimum Gasteiger partial charge on any atom is -0.467 e. The number of furan rings is 1. The molecular weight excluding hydrogens is 204 g/mol. The number of carbonyl (C=O) groups is 1. The summed E-state index contributed by atoms with van der Waals surface area (Å²) in [6.07, 6.45) is 3.31. The molecule has 2 N–H and O–H groups in total. The smallest absolute Gasteiger partial charge is 0.319 e. The molecule has 16 heavy (non-hydrogen) atoms. The van der Waals surface area contributed by atoms with E-state index in [2.05, 4.69) is 24.5 Å². The first kappa shape index (κ1) is 12.4. The van der Waals surface area contributed by atoms with E-state index < -0.39 is 0 Å². The molecule has 0 saturated carbocycles. The van der Waals surface area contributed by atoms with E-state index in [1.54, 1.807) is 18.5 Å². The highest BCUT2D eigenvalue weighted by Crippen LogP contribution is 2.05. The van der Waals surface area contributed by atoms with E-state index in [1.165, 1.54) is 0 Å². The summed E-state index contributed by atoms with van der Waals surface area (Å²) in [4.78, 5) is 11.4. The molecule has 0 unspecified atom stereocenters. The lowest BCUT2D eigenvalue weighted by Crippen LogP contribution is -2.31. The van der Waals surface area contributed by atoms with Crippen molar-refractivity contribution in [1.29, 1.82) is 0 Å². The highest BCUT2D eigenvalue weighted by Gasteiger charge is 2.01. The Labute approximate surface area is 95.7 Å². The predicted molar refractivity (Wildman–Crippen MR) is 62.7 cm³/mol. The number of allylic oxidation sites excluding steroid dienone is 1. The SMILES string of the molecule is C/C(=C\NC(=O)NCc1ccco1)C(C)C. The van der Waals surface area contributed by atoms with E-state index in [4.69, 9.17) is 4.42 Å². The zero-order valence-electron chi connectivity index (χ0n) is 9.91. The van der Waals surface area contributed by atoms with E-state index in [0.717, 1.165) is 11.3 Å². The summed E-state index contributed by atoms with van der Waals surface area (Å²) in [5, 5.41) is 5.36. The maximum Gasteiger partial charge on any atom is 0.319 e. The van der Waals surface area contributed by atoms with Gasteiger partial charge in [-0.15, -0.1) is 0 Å².